The third-order valence-electron chi connectivity index (χ3n) is 4.59. The van der Waals surface area contributed by atoms with Gasteiger partial charge in [0.15, 0.2) is 0 Å². The number of hydrogen-bond donors (Lipinski definition) is 2. The van der Waals surface area contributed by atoms with Gasteiger partial charge in [0.25, 0.3) is 0 Å². The smallest absolute Gasteiger partial charge is 0.317 e. The van der Waals surface area contributed by atoms with Gasteiger partial charge >= 0.3 is 5.97 Å². The Hall–Kier alpha value is -2.21. The van der Waals surface area contributed by atoms with Crippen LogP contribution in [-0.4, -0.2) is 51.1 Å². The average molecular weight is 314 g/mol. The molecule has 1 aliphatic rings. The van der Waals surface area contributed by atoms with Gasteiger partial charge in [-0.15, -0.1) is 0 Å². The molecule has 2 aromatic rings. The molecule has 1 saturated carbocycles. The van der Waals surface area contributed by atoms with E-state index in [1.54, 1.807) is 6.33 Å². The number of nitrogens with one attached hydrogen (secondary N) is 1. The Morgan fingerprint density at radius 1 is 1.39 bits per heavy atom. The van der Waals surface area contributed by atoms with Crippen molar-refractivity contribution >= 4 is 22.7 Å². The highest BCUT2D eigenvalue weighted by Crippen LogP contribution is 2.31. The number of likely N-dealkylation sites (N-methyl/N-ethyl adjacent to an activating group) is 1. The van der Waals surface area contributed by atoms with E-state index >= 15 is 0 Å². The molecule has 0 atom stereocenters. The summed E-state index contributed by atoms with van der Waals surface area (Å²) in [4.78, 5) is 21.6. The molecule has 0 bridgehead atoms. The quantitative estimate of drug-likeness (QED) is 0.852. The topological polar surface area (TPSA) is 78.4 Å². The number of benzene rings is 1. The lowest BCUT2D eigenvalue weighted by Gasteiger charge is -2.42. The minimum Gasteiger partial charge on any atom is -0.480 e. The third kappa shape index (κ3) is 3.27. The molecule has 122 valence electrons. The number of hydrogen-bond acceptors (Lipinski definition) is 5. The summed E-state index contributed by atoms with van der Waals surface area (Å²) in [5.41, 5.74) is 2.10. The fraction of sp³-hybridized carbons (Fsp3) is 0.471. The molecular weight excluding hydrogens is 292 g/mol. The van der Waals surface area contributed by atoms with Crippen molar-refractivity contribution in [2.75, 3.05) is 18.4 Å². The van der Waals surface area contributed by atoms with Crippen LogP contribution in [0.5, 0.6) is 0 Å². The van der Waals surface area contributed by atoms with Crippen LogP contribution < -0.4 is 5.32 Å². The molecule has 23 heavy (non-hydrogen) atoms. The molecule has 0 radical (unpaired) electrons. The number of carboxylic acid groups (broad SMARTS) is 1. The Kier molecular flexibility index (Phi) is 4.43. The summed E-state index contributed by atoms with van der Waals surface area (Å²) < 4.78 is 0. The maximum atomic E-state index is 10.9. The van der Waals surface area contributed by atoms with Crippen molar-refractivity contribution in [1.82, 2.24) is 14.9 Å². The fourth-order valence-corrected chi connectivity index (χ4v) is 3.26. The summed E-state index contributed by atoms with van der Waals surface area (Å²) in [6, 6.07) is 6.72. The molecule has 0 saturated heterocycles. The van der Waals surface area contributed by atoms with E-state index in [4.69, 9.17) is 5.11 Å². The first-order chi connectivity index (χ1) is 11.1. The van der Waals surface area contributed by atoms with Gasteiger partial charge < -0.3 is 10.4 Å². The first-order valence-corrected chi connectivity index (χ1v) is 8.01. The normalized spacial score (nSPS) is 20.5. The maximum absolute atomic E-state index is 10.9. The predicted octanol–water partition coefficient (Wildman–Crippen LogP) is 2.29. The van der Waals surface area contributed by atoms with Crippen molar-refractivity contribution < 1.29 is 9.90 Å². The predicted molar refractivity (Wildman–Crippen MR) is 89.6 cm³/mol. The van der Waals surface area contributed by atoms with Crippen molar-refractivity contribution in [3.8, 4) is 0 Å². The van der Waals surface area contributed by atoms with E-state index in [1.807, 2.05) is 24.0 Å². The van der Waals surface area contributed by atoms with Crippen LogP contribution in [0.4, 0.5) is 5.82 Å². The van der Waals surface area contributed by atoms with E-state index in [-0.39, 0.29) is 6.54 Å². The molecule has 6 nitrogen and oxygen atoms in total. The monoisotopic (exact) mass is 314 g/mol. The molecule has 1 aliphatic carbocycles. The first-order valence-electron chi connectivity index (χ1n) is 8.01. The van der Waals surface area contributed by atoms with Crippen molar-refractivity contribution in [1.29, 1.82) is 0 Å². The number of anilines is 1. The largest absolute Gasteiger partial charge is 0.480 e. The van der Waals surface area contributed by atoms with Gasteiger partial charge in [-0.1, -0.05) is 19.1 Å². The average Bonchev–Trinajstić information content (AvgIpc) is 2.48. The van der Waals surface area contributed by atoms with Crippen LogP contribution in [-0.2, 0) is 4.79 Å². The highest BCUT2D eigenvalue weighted by Gasteiger charge is 2.34. The van der Waals surface area contributed by atoms with Crippen molar-refractivity contribution in [2.24, 2.45) is 0 Å². The minimum absolute atomic E-state index is 0.115. The lowest BCUT2D eigenvalue weighted by atomic mass is 9.85. The van der Waals surface area contributed by atoms with E-state index in [0.29, 0.717) is 12.1 Å². The van der Waals surface area contributed by atoms with Gasteiger partial charge in [-0.25, -0.2) is 9.97 Å². The van der Waals surface area contributed by atoms with Crippen LogP contribution in [0.1, 0.15) is 25.3 Å². The summed E-state index contributed by atoms with van der Waals surface area (Å²) >= 11 is 0. The third-order valence-corrected chi connectivity index (χ3v) is 4.59. The second kappa shape index (κ2) is 6.50. The number of aryl methyl sites for hydroxylation is 1. The Morgan fingerprint density at radius 2 is 2.17 bits per heavy atom. The van der Waals surface area contributed by atoms with Gasteiger partial charge in [0.05, 0.1) is 12.1 Å². The Bertz CT molecular complexity index is 708. The van der Waals surface area contributed by atoms with Crippen LogP contribution >= 0.6 is 0 Å². The molecule has 0 unspecified atom stereocenters. The zero-order valence-corrected chi connectivity index (χ0v) is 13.5. The highest BCUT2D eigenvalue weighted by atomic mass is 16.4. The molecule has 1 heterocycles. The van der Waals surface area contributed by atoms with Gasteiger partial charge in [0.2, 0.25) is 0 Å². The number of aliphatic carboxylic acids is 1. The second-order valence-corrected chi connectivity index (χ2v) is 6.11. The maximum Gasteiger partial charge on any atom is 0.317 e. The molecule has 1 fully saturated rings. The molecule has 0 spiro atoms. The lowest BCUT2D eigenvalue weighted by Crippen LogP contribution is -2.51. The summed E-state index contributed by atoms with van der Waals surface area (Å²) in [7, 11) is 0. The van der Waals surface area contributed by atoms with Gasteiger partial charge in [0.1, 0.15) is 12.1 Å². The Labute approximate surface area is 135 Å². The first kappa shape index (κ1) is 15.7. The van der Waals surface area contributed by atoms with Crippen LogP contribution in [0, 0.1) is 6.92 Å². The molecule has 1 aromatic carbocycles. The second-order valence-electron chi connectivity index (χ2n) is 6.11. The molecule has 0 aliphatic heterocycles. The zero-order valence-electron chi connectivity index (χ0n) is 13.5. The van der Waals surface area contributed by atoms with Crippen molar-refractivity contribution in [3.05, 3.63) is 30.1 Å². The van der Waals surface area contributed by atoms with Crippen LogP contribution in [0.25, 0.3) is 10.9 Å². The summed E-state index contributed by atoms with van der Waals surface area (Å²) in [6.45, 7) is 4.94. The number of carbonyl (C=O) groups is 1. The van der Waals surface area contributed by atoms with E-state index < -0.39 is 5.97 Å². The van der Waals surface area contributed by atoms with Gasteiger partial charge in [0, 0.05) is 17.5 Å². The van der Waals surface area contributed by atoms with E-state index in [2.05, 4.69) is 28.3 Å². The minimum atomic E-state index is -0.763. The van der Waals surface area contributed by atoms with E-state index in [0.717, 1.165) is 41.7 Å². The molecule has 6 heteroatoms. The van der Waals surface area contributed by atoms with Gasteiger partial charge in [-0.2, -0.15) is 0 Å². The Balaban J connectivity index is 1.68. The summed E-state index contributed by atoms with van der Waals surface area (Å²) in [5.74, 6) is 0.110. The molecular formula is C17H22N4O2. The van der Waals surface area contributed by atoms with Gasteiger partial charge in [-0.05, 0) is 37.9 Å². The zero-order chi connectivity index (χ0) is 16.4. The summed E-state index contributed by atoms with van der Waals surface area (Å²) in [5, 5.41) is 13.5. The number of carboxylic acids is 1. The van der Waals surface area contributed by atoms with E-state index in [1.165, 1.54) is 0 Å². The van der Waals surface area contributed by atoms with Crippen LogP contribution in [0.2, 0.25) is 0 Å². The molecule has 1 aromatic heterocycles. The van der Waals surface area contributed by atoms with Gasteiger partial charge in [-0.3, -0.25) is 9.69 Å². The van der Waals surface area contributed by atoms with Crippen molar-refractivity contribution in [3.63, 3.8) is 0 Å². The highest BCUT2D eigenvalue weighted by molar-refractivity contribution is 5.91. The van der Waals surface area contributed by atoms with Crippen LogP contribution in [0.15, 0.2) is 24.5 Å². The van der Waals surface area contributed by atoms with Crippen molar-refractivity contribution in [2.45, 2.75) is 38.8 Å². The molecule has 3 rings (SSSR count). The molecule has 2 N–H and O–H groups in total. The standard InChI is InChI=1S/C17H22N4O2/c1-3-21(9-15(22)23)13-7-12(8-13)20-17-16-11(2)5-4-6-14(16)18-10-19-17/h4-6,10,12-13H,3,7-9H2,1-2H3,(H,22,23)(H,18,19,20). The number of fused-ring (bicyclic) bond motifs is 1. The molecule has 0 amide bonds. The lowest BCUT2D eigenvalue weighted by molar-refractivity contribution is -0.139. The number of aromatic nitrogens is 2. The SMILES string of the molecule is CCN(CC(=O)O)C1CC(Nc2ncnc3cccc(C)c23)C1. The Morgan fingerprint density at radius 3 is 2.87 bits per heavy atom. The van der Waals surface area contributed by atoms with Crippen LogP contribution in [0.3, 0.4) is 0 Å². The number of nitrogens with zero attached hydrogens (tertiary/aromatic N) is 3. The summed E-state index contributed by atoms with van der Waals surface area (Å²) in [6.07, 6.45) is 3.47. The number of rotatable bonds is 6. The van der Waals surface area contributed by atoms with E-state index in [9.17, 15) is 4.79 Å². The fourth-order valence-electron chi connectivity index (χ4n) is 3.26.